The molecule has 1 aromatic heterocycles. The van der Waals surface area contributed by atoms with Crippen LogP contribution in [-0.4, -0.2) is 41.6 Å². The number of hydrogen-bond acceptors (Lipinski definition) is 7. The molecule has 1 N–H and O–H groups in total. The van der Waals surface area contributed by atoms with Crippen LogP contribution in [0.25, 0.3) is 5.76 Å². The van der Waals surface area contributed by atoms with E-state index in [0.29, 0.717) is 54.0 Å². The molecule has 0 spiro atoms. The lowest BCUT2D eigenvalue weighted by molar-refractivity contribution is -0.132. The van der Waals surface area contributed by atoms with Crippen molar-refractivity contribution in [3.63, 3.8) is 0 Å². The summed E-state index contributed by atoms with van der Waals surface area (Å²) in [5.41, 5.74) is 1.24. The smallest absolute Gasteiger partial charge is 0.300 e. The summed E-state index contributed by atoms with van der Waals surface area (Å²) in [6.45, 7) is 3.21. The average Bonchev–Trinajstić information content (AvgIpc) is 3.15. The van der Waals surface area contributed by atoms with Crippen LogP contribution >= 0.6 is 0 Å². The maximum Gasteiger partial charge on any atom is 0.300 e. The van der Waals surface area contributed by atoms with Crippen molar-refractivity contribution in [2.45, 2.75) is 13.0 Å². The van der Waals surface area contributed by atoms with Crippen LogP contribution in [0.15, 0.2) is 72.4 Å². The number of fused-ring (bicyclic) bond motifs is 1. The number of carbonyl (C=O) groups is 2. The second kappa shape index (κ2) is 8.90. The Labute approximate surface area is 196 Å². The van der Waals surface area contributed by atoms with E-state index < -0.39 is 17.7 Å². The minimum absolute atomic E-state index is 0.0470. The van der Waals surface area contributed by atoms with Gasteiger partial charge in [-0.1, -0.05) is 6.07 Å². The summed E-state index contributed by atoms with van der Waals surface area (Å²) in [5, 5.41) is 11.3. The number of aromatic nitrogens is 1. The molecule has 0 radical (unpaired) electrons. The van der Waals surface area contributed by atoms with Gasteiger partial charge in [-0.3, -0.25) is 19.5 Å². The maximum absolute atomic E-state index is 13.2. The van der Waals surface area contributed by atoms with Gasteiger partial charge in [0.15, 0.2) is 11.5 Å². The summed E-state index contributed by atoms with van der Waals surface area (Å²) < 4.78 is 16.6. The number of ether oxygens (including phenoxy) is 3. The van der Waals surface area contributed by atoms with Crippen LogP contribution in [0.3, 0.4) is 0 Å². The lowest BCUT2D eigenvalue weighted by Crippen LogP contribution is -2.29. The first-order chi connectivity index (χ1) is 16.6. The van der Waals surface area contributed by atoms with Crippen molar-refractivity contribution < 1.29 is 28.9 Å². The average molecular weight is 458 g/mol. The van der Waals surface area contributed by atoms with E-state index in [9.17, 15) is 14.7 Å². The maximum atomic E-state index is 13.2. The van der Waals surface area contributed by atoms with Crippen molar-refractivity contribution >= 4 is 23.1 Å². The van der Waals surface area contributed by atoms with Crippen molar-refractivity contribution in [3.8, 4) is 17.2 Å². The molecule has 8 nitrogen and oxygen atoms in total. The molecule has 3 heterocycles. The number of hydrogen-bond donors (Lipinski definition) is 1. The number of nitrogens with zero attached hydrogens (tertiary/aromatic N) is 2. The Morgan fingerprint density at radius 2 is 1.82 bits per heavy atom. The van der Waals surface area contributed by atoms with Crippen LogP contribution in [-0.2, 0) is 9.59 Å². The minimum atomic E-state index is -0.910. The molecular formula is C26H22N2O6. The van der Waals surface area contributed by atoms with Gasteiger partial charge in [0.2, 0.25) is 0 Å². The molecule has 1 atom stereocenters. The first-order valence-corrected chi connectivity index (χ1v) is 10.9. The Bertz CT molecular complexity index is 1270. The molecule has 34 heavy (non-hydrogen) atoms. The van der Waals surface area contributed by atoms with Crippen molar-refractivity contribution in [3.05, 3.63) is 83.7 Å². The highest BCUT2D eigenvalue weighted by atomic mass is 16.6. The van der Waals surface area contributed by atoms with E-state index in [0.717, 1.165) is 0 Å². The van der Waals surface area contributed by atoms with E-state index in [1.165, 1.54) is 4.90 Å². The molecular weight excluding hydrogens is 436 g/mol. The Hall–Kier alpha value is -4.33. The Balaban J connectivity index is 1.64. The first kappa shape index (κ1) is 21.5. The van der Waals surface area contributed by atoms with Crippen molar-refractivity contribution in [2.24, 2.45) is 0 Å². The number of anilines is 1. The number of benzene rings is 2. The molecule has 0 aliphatic carbocycles. The third-order valence-electron chi connectivity index (χ3n) is 5.65. The number of ketones is 1. The number of carbonyl (C=O) groups excluding carboxylic acids is 2. The van der Waals surface area contributed by atoms with Crippen molar-refractivity contribution in [1.29, 1.82) is 0 Å². The third kappa shape index (κ3) is 3.73. The number of aliphatic hydroxyl groups is 1. The monoisotopic (exact) mass is 458 g/mol. The summed E-state index contributed by atoms with van der Waals surface area (Å²) in [6.07, 6.45) is 1.58. The summed E-state index contributed by atoms with van der Waals surface area (Å²) in [5.74, 6) is -0.187. The van der Waals surface area contributed by atoms with E-state index >= 15 is 0 Å². The van der Waals surface area contributed by atoms with Gasteiger partial charge in [-0.25, -0.2) is 0 Å². The van der Waals surface area contributed by atoms with Gasteiger partial charge >= 0.3 is 0 Å². The number of rotatable bonds is 5. The quantitative estimate of drug-likeness (QED) is 0.352. The summed E-state index contributed by atoms with van der Waals surface area (Å²) in [6, 6.07) is 16.1. The molecule has 1 saturated heterocycles. The molecule has 8 heteroatoms. The summed E-state index contributed by atoms with van der Waals surface area (Å²) >= 11 is 0. The van der Waals surface area contributed by atoms with Crippen molar-refractivity contribution in [1.82, 2.24) is 4.98 Å². The molecule has 0 saturated carbocycles. The summed E-state index contributed by atoms with van der Waals surface area (Å²) in [7, 11) is 0. The predicted molar refractivity (Wildman–Crippen MR) is 124 cm³/mol. The summed E-state index contributed by atoms with van der Waals surface area (Å²) in [4.78, 5) is 32.2. The van der Waals surface area contributed by atoms with E-state index in [1.807, 2.05) is 6.92 Å². The number of pyridine rings is 1. The fourth-order valence-corrected chi connectivity index (χ4v) is 4.13. The van der Waals surface area contributed by atoms with Gasteiger partial charge in [0, 0.05) is 17.4 Å². The lowest BCUT2D eigenvalue weighted by atomic mass is 9.98. The van der Waals surface area contributed by atoms with Gasteiger partial charge in [0.25, 0.3) is 11.7 Å². The zero-order chi connectivity index (χ0) is 23.7. The number of aliphatic hydroxyl groups excluding tert-OH is 1. The Morgan fingerprint density at radius 1 is 1.06 bits per heavy atom. The molecule has 3 aromatic rings. The van der Waals surface area contributed by atoms with Crippen LogP contribution in [0, 0.1) is 0 Å². The predicted octanol–water partition coefficient (Wildman–Crippen LogP) is 3.88. The highest BCUT2D eigenvalue weighted by molar-refractivity contribution is 6.51. The van der Waals surface area contributed by atoms with E-state index in [1.54, 1.807) is 66.9 Å². The largest absolute Gasteiger partial charge is 0.507 e. The molecule has 5 rings (SSSR count). The Kier molecular flexibility index (Phi) is 5.63. The second-order valence-electron chi connectivity index (χ2n) is 7.71. The standard InChI is InChI=1S/C26H22N2O6/c1-2-32-18-9-7-17(8-10-18)28-23(19-5-3-4-12-27-19)22(25(30)26(28)31)24(29)16-6-11-20-21(15-16)34-14-13-33-20/h3-12,15,23,29H,2,13-14H2,1H3/b24-22-. The van der Waals surface area contributed by atoms with Crippen LogP contribution in [0.1, 0.15) is 24.2 Å². The van der Waals surface area contributed by atoms with Crippen LogP contribution in [0.4, 0.5) is 5.69 Å². The van der Waals surface area contributed by atoms with Crippen LogP contribution in [0.5, 0.6) is 17.2 Å². The second-order valence-corrected chi connectivity index (χ2v) is 7.71. The zero-order valence-electron chi connectivity index (χ0n) is 18.4. The zero-order valence-corrected chi connectivity index (χ0v) is 18.4. The normalized spacial score (nSPS) is 18.7. The van der Waals surface area contributed by atoms with E-state index in [-0.39, 0.29) is 11.3 Å². The molecule has 1 unspecified atom stereocenters. The van der Waals surface area contributed by atoms with Crippen LogP contribution in [0.2, 0.25) is 0 Å². The highest BCUT2D eigenvalue weighted by Crippen LogP contribution is 2.42. The number of amides is 1. The molecule has 0 bridgehead atoms. The number of Topliss-reactive ketones (excluding diaryl/α,β-unsaturated/α-hetero) is 1. The van der Waals surface area contributed by atoms with Crippen LogP contribution < -0.4 is 19.1 Å². The first-order valence-electron chi connectivity index (χ1n) is 10.9. The fraction of sp³-hybridized carbons (Fsp3) is 0.192. The van der Waals surface area contributed by atoms with Gasteiger partial charge in [0.1, 0.15) is 30.8 Å². The van der Waals surface area contributed by atoms with Gasteiger partial charge in [0.05, 0.1) is 17.9 Å². The molecule has 1 fully saturated rings. The minimum Gasteiger partial charge on any atom is -0.507 e. The fourth-order valence-electron chi connectivity index (χ4n) is 4.13. The molecule has 1 amide bonds. The lowest BCUT2D eigenvalue weighted by Gasteiger charge is -2.25. The van der Waals surface area contributed by atoms with Gasteiger partial charge in [-0.2, -0.15) is 0 Å². The SMILES string of the molecule is CCOc1ccc(N2C(=O)C(=O)/C(=C(\O)c3ccc4c(c3)OCCO4)C2c2ccccn2)cc1. The van der Waals surface area contributed by atoms with Gasteiger partial charge in [-0.15, -0.1) is 0 Å². The van der Waals surface area contributed by atoms with Gasteiger partial charge < -0.3 is 19.3 Å². The van der Waals surface area contributed by atoms with Crippen molar-refractivity contribution in [2.75, 3.05) is 24.7 Å². The molecule has 2 aliphatic heterocycles. The topological polar surface area (TPSA) is 98.2 Å². The van der Waals surface area contributed by atoms with Gasteiger partial charge in [-0.05, 0) is 61.5 Å². The third-order valence-corrected chi connectivity index (χ3v) is 5.65. The highest BCUT2D eigenvalue weighted by Gasteiger charge is 2.47. The molecule has 172 valence electrons. The van der Waals surface area contributed by atoms with E-state index in [4.69, 9.17) is 14.2 Å². The van der Waals surface area contributed by atoms with E-state index in [2.05, 4.69) is 4.98 Å². The molecule has 2 aromatic carbocycles. The Morgan fingerprint density at radius 3 is 2.53 bits per heavy atom. The molecule has 2 aliphatic rings.